The summed E-state index contributed by atoms with van der Waals surface area (Å²) in [5, 5.41) is 2.89. The summed E-state index contributed by atoms with van der Waals surface area (Å²) < 4.78 is 18.4. The Morgan fingerprint density at radius 1 is 1.40 bits per heavy atom. The van der Waals surface area contributed by atoms with E-state index in [0.29, 0.717) is 22.9 Å². The van der Waals surface area contributed by atoms with Crippen molar-refractivity contribution < 1.29 is 13.9 Å². The highest BCUT2D eigenvalue weighted by molar-refractivity contribution is 9.09. The molecule has 1 aliphatic rings. The summed E-state index contributed by atoms with van der Waals surface area (Å²) in [6.45, 7) is 0.659. The quantitative estimate of drug-likeness (QED) is 0.849. The smallest absolute Gasteiger partial charge is 0.251 e. The summed E-state index contributed by atoms with van der Waals surface area (Å²) in [4.78, 5) is 12.6. The van der Waals surface area contributed by atoms with Gasteiger partial charge < -0.3 is 10.1 Å². The maximum absolute atomic E-state index is 13.5. The molecule has 0 atom stereocenters. The average molecular weight is 344 g/mol. The zero-order valence-corrected chi connectivity index (χ0v) is 13.1. The highest BCUT2D eigenvalue weighted by Gasteiger charge is 2.20. The fraction of sp³-hybridized carbons (Fsp3) is 0.533. The number of rotatable bonds is 4. The van der Waals surface area contributed by atoms with E-state index in [1.54, 1.807) is 6.07 Å². The van der Waals surface area contributed by atoms with Crippen LogP contribution in [-0.4, -0.2) is 24.4 Å². The third kappa shape index (κ3) is 3.95. The van der Waals surface area contributed by atoms with Crippen LogP contribution in [0.2, 0.25) is 0 Å². The maximum Gasteiger partial charge on any atom is 0.251 e. The average Bonchev–Trinajstić information content (AvgIpc) is 2.46. The van der Waals surface area contributed by atoms with Gasteiger partial charge in [0.25, 0.3) is 5.91 Å². The molecule has 20 heavy (non-hydrogen) atoms. The molecule has 0 saturated heterocycles. The van der Waals surface area contributed by atoms with E-state index in [2.05, 4.69) is 21.2 Å². The Kier molecular flexibility index (Phi) is 5.40. The summed E-state index contributed by atoms with van der Waals surface area (Å²) in [5.74, 6) is -0.0690. The first-order chi connectivity index (χ1) is 9.60. The van der Waals surface area contributed by atoms with Crippen molar-refractivity contribution >= 4 is 21.8 Å². The predicted octanol–water partition coefficient (Wildman–Crippen LogP) is 3.52. The number of halogens is 2. The maximum atomic E-state index is 13.5. The number of hydrogen-bond acceptors (Lipinski definition) is 2. The van der Waals surface area contributed by atoms with Crippen LogP contribution >= 0.6 is 15.9 Å². The van der Waals surface area contributed by atoms with Crippen molar-refractivity contribution in [3.63, 3.8) is 0 Å². The SMILES string of the molecule is COc1ccc(C(=O)NCC2CCC(Br)CC2)cc1F. The number of hydrogen-bond donors (Lipinski definition) is 1. The van der Waals surface area contributed by atoms with Crippen LogP contribution in [0.15, 0.2) is 18.2 Å². The summed E-state index contributed by atoms with van der Waals surface area (Å²) in [6, 6.07) is 4.26. The van der Waals surface area contributed by atoms with E-state index in [0.717, 1.165) is 25.7 Å². The lowest BCUT2D eigenvalue weighted by Gasteiger charge is -2.25. The third-order valence-electron chi connectivity index (χ3n) is 3.74. The van der Waals surface area contributed by atoms with E-state index in [1.165, 1.54) is 19.2 Å². The van der Waals surface area contributed by atoms with Crippen molar-refractivity contribution in [1.82, 2.24) is 5.32 Å². The molecule has 3 nitrogen and oxygen atoms in total. The minimum atomic E-state index is -0.514. The summed E-state index contributed by atoms with van der Waals surface area (Å²) in [7, 11) is 1.40. The Labute approximate surface area is 127 Å². The number of carbonyl (C=O) groups excluding carboxylic acids is 1. The van der Waals surface area contributed by atoms with Crippen LogP contribution in [0.1, 0.15) is 36.0 Å². The predicted molar refractivity (Wildman–Crippen MR) is 80.0 cm³/mol. The molecule has 1 aliphatic carbocycles. The molecule has 1 amide bonds. The van der Waals surface area contributed by atoms with Crippen molar-refractivity contribution in [3.8, 4) is 5.75 Å². The lowest BCUT2D eigenvalue weighted by atomic mass is 9.89. The first-order valence-corrected chi connectivity index (χ1v) is 7.77. The van der Waals surface area contributed by atoms with Gasteiger partial charge in [0, 0.05) is 16.9 Å². The molecule has 0 heterocycles. The van der Waals surface area contributed by atoms with Crippen LogP contribution in [-0.2, 0) is 0 Å². The molecule has 0 spiro atoms. The second-order valence-electron chi connectivity index (χ2n) is 5.18. The van der Waals surface area contributed by atoms with Gasteiger partial charge in [-0.3, -0.25) is 4.79 Å². The van der Waals surface area contributed by atoms with Crippen molar-refractivity contribution in [2.24, 2.45) is 5.92 Å². The van der Waals surface area contributed by atoms with Gasteiger partial charge in [-0.05, 0) is 49.8 Å². The van der Waals surface area contributed by atoms with Gasteiger partial charge in [0.15, 0.2) is 11.6 Å². The van der Waals surface area contributed by atoms with Crippen LogP contribution in [0.3, 0.4) is 0 Å². The van der Waals surface area contributed by atoms with Gasteiger partial charge >= 0.3 is 0 Å². The molecule has 1 fully saturated rings. The lowest BCUT2D eigenvalue weighted by Crippen LogP contribution is -2.31. The lowest BCUT2D eigenvalue weighted by molar-refractivity contribution is 0.0943. The molecule has 0 aliphatic heterocycles. The Bertz CT molecular complexity index is 473. The van der Waals surface area contributed by atoms with Crippen molar-refractivity contribution in [2.75, 3.05) is 13.7 Å². The molecule has 0 radical (unpaired) electrons. The van der Waals surface area contributed by atoms with E-state index < -0.39 is 5.82 Å². The van der Waals surface area contributed by atoms with Crippen LogP contribution in [0, 0.1) is 11.7 Å². The zero-order valence-electron chi connectivity index (χ0n) is 11.5. The number of benzene rings is 1. The Morgan fingerprint density at radius 3 is 2.70 bits per heavy atom. The number of alkyl halides is 1. The van der Waals surface area contributed by atoms with Crippen molar-refractivity contribution in [2.45, 2.75) is 30.5 Å². The first kappa shape index (κ1) is 15.3. The van der Waals surface area contributed by atoms with E-state index in [4.69, 9.17) is 4.74 Å². The Hall–Kier alpha value is -1.10. The molecule has 5 heteroatoms. The molecular weight excluding hydrogens is 325 g/mol. The number of ether oxygens (including phenoxy) is 1. The van der Waals surface area contributed by atoms with Crippen LogP contribution in [0.25, 0.3) is 0 Å². The normalized spacial score (nSPS) is 22.4. The molecule has 1 N–H and O–H groups in total. The van der Waals surface area contributed by atoms with Gasteiger partial charge in [-0.15, -0.1) is 0 Å². The van der Waals surface area contributed by atoms with Crippen molar-refractivity contribution in [3.05, 3.63) is 29.6 Å². The van der Waals surface area contributed by atoms with Crippen LogP contribution in [0.4, 0.5) is 4.39 Å². The number of amides is 1. The molecule has 0 bridgehead atoms. The van der Waals surface area contributed by atoms with E-state index in [1.807, 2.05) is 0 Å². The van der Waals surface area contributed by atoms with Crippen LogP contribution in [0.5, 0.6) is 5.75 Å². The van der Waals surface area contributed by atoms with Gasteiger partial charge in [-0.2, -0.15) is 0 Å². The molecule has 0 unspecified atom stereocenters. The van der Waals surface area contributed by atoms with E-state index in [9.17, 15) is 9.18 Å². The monoisotopic (exact) mass is 343 g/mol. The fourth-order valence-electron chi connectivity index (χ4n) is 2.47. The molecule has 0 aromatic heterocycles. The summed E-state index contributed by atoms with van der Waals surface area (Å²) >= 11 is 3.61. The Morgan fingerprint density at radius 2 is 2.10 bits per heavy atom. The zero-order chi connectivity index (χ0) is 14.5. The van der Waals surface area contributed by atoms with Gasteiger partial charge in [0.1, 0.15) is 0 Å². The molecular formula is C15H19BrFNO2. The number of nitrogens with one attached hydrogen (secondary N) is 1. The molecule has 1 saturated carbocycles. The molecule has 1 aromatic carbocycles. The minimum absolute atomic E-state index is 0.150. The largest absolute Gasteiger partial charge is 0.494 e. The first-order valence-electron chi connectivity index (χ1n) is 6.86. The Balaban J connectivity index is 1.87. The van der Waals surface area contributed by atoms with E-state index >= 15 is 0 Å². The third-order valence-corrected chi connectivity index (χ3v) is 4.66. The van der Waals surface area contributed by atoms with Crippen molar-refractivity contribution in [1.29, 1.82) is 0 Å². The molecule has 1 aromatic rings. The summed E-state index contributed by atoms with van der Waals surface area (Å²) in [6.07, 6.45) is 4.54. The second kappa shape index (κ2) is 7.07. The van der Waals surface area contributed by atoms with Crippen LogP contribution < -0.4 is 10.1 Å². The highest BCUT2D eigenvalue weighted by Crippen LogP contribution is 2.28. The second-order valence-corrected chi connectivity index (χ2v) is 6.47. The fourth-order valence-corrected chi connectivity index (χ4v) is 3.00. The van der Waals surface area contributed by atoms with Gasteiger partial charge in [-0.1, -0.05) is 15.9 Å². The molecule has 2 rings (SSSR count). The van der Waals surface area contributed by atoms with E-state index in [-0.39, 0.29) is 11.7 Å². The number of carbonyl (C=O) groups is 1. The topological polar surface area (TPSA) is 38.3 Å². The molecule has 110 valence electrons. The standard InChI is InChI=1S/C15H19BrFNO2/c1-20-14-7-4-11(8-13(14)17)15(19)18-9-10-2-5-12(16)6-3-10/h4,7-8,10,12H,2-3,5-6,9H2,1H3,(H,18,19). The van der Waals surface area contributed by atoms with Gasteiger partial charge in [0.05, 0.1) is 7.11 Å². The number of methoxy groups -OCH3 is 1. The highest BCUT2D eigenvalue weighted by atomic mass is 79.9. The van der Waals surface area contributed by atoms with Gasteiger partial charge in [-0.25, -0.2) is 4.39 Å². The minimum Gasteiger partial charge on any atom is -0.494 e. The van der Waals surface area contributed by atoms with Gasteiger partial charge in [0.2, 0.25) is 0 Å². The summed E-state index contributed by atoms with van der Waals surface area (Å²) in [5.41, 5.74) is 0.331.